The predicted octanol–water partition coefficient (Wildman–Crippen LogP) is 2.94. The normalized spacial score (nSPS) is 17.6. The molecule has 7 heteroatoms. The first-order valence-corrected chi connectivity index (χ1v) is 12.9. The van der Waals surface area contributed by atoms with Crippen molar-refractivity contribution in [3.8, 4) is 0 Å². The van der Waals surface area contributed by atoms with E-state index in [1.54, 1.807) is 0 Å². The van der Waals surface area contributed by atoms with Crippen LogP contribution < -0.4 is 10.6 Å². The van der Waals surface area contributed by atoms with E-state index in [1.165, 1.54) is 56.2 Å². The van der Waals surface area contributed by atoms with Crippen molar-refractivity contribution in [3.05, 3.63) is 35.4 Å². The molecule has 29 heavy (non-hydrogen) atoms. The minimum absolute atomic E-state index is 0.0403. The third kappa shape index (κ3) is 10.1. The highest BCUT2D eigenvalue weighted by molar-refractivity contribution is 7.90. The zero-order valence-electron chi connectivity index (χ0n) is 18.3. The van der Waals surface area contributed by atoms with E-state index in [9.17, 15) is 8.42 Å². The number of nitrogens with one attached hydrogen (secondary N) is 2. The minimum Gasteiger partial charge on any atom is -0.357 e. The molecule has 0 bridgehead atoms. The molecule has 1 unspecified atom stereocenters. The van der Waals surface area contributed by atoms with Crippen molar-refractivity contribution in [1.82, 2.24) is 15.5 Å². The molecule has 0 amide bonds. The van der Waals surface area contributed by atoms with Crippen LogP contribution in [0.5, 0.6) is 0 Å². The molecule has 1 atom stereocenters. The first kappa shape index (κ1) is 23.7. The van der Waals surface area contributed by atoms with Crippen LogP contribution in [0.1, 0.15) is 57.1 Å². The second kappa shape index (κ2) is 12.2. The molecular formula is C22H38N4O2S. The number of benzene rings is 1. The lowest BCUT2D eigenvalue weighted by Gasteiger charge is -2.20. The van der Waals surface area contributed by atoms with Gasteiger partial charge in [-0.15, -0.1) is 0 Å². The molecule has 164 valence electrons. The monoisotopic (exact) mass is 422 g/mol. The van der Waals surface area contributed by atoms with Crippen molar-refractivity contribution >= 4 is 15.8 Å². The molecule has 0 saturated carbocycles. The number of guanidine groups is 1. The van der Waals surface area contributed by atoms with Crippen LogP contribution in [0.15, 0.2) is 29.3 Å². The Balaban J connectivity index is 1.87. The minimum atomic E-state index is -2.94. The Morgan fingerprint density at radius 2 is 1.72 bits per heavy atom. The maximum Gasteiger partial charge on any atom is 0.191 e. The van der Waals surface area contributed by atoms with Crippen molar-refractivity contribution in [1.29, 1.82) is 0 Å². The second-order valence-electron chi connectivity index (χ2n) is 8.17. The number of likely N-dealkylation sites (tertiary alicyclic amines) is 1. The zero-order valence-corrected chi connectivity index (χ0v) is 19.1. The average molecular weight is 423 g/mol. The van der Waals surface area contributed by atoms with Gasteiger partial charge >= 0.3 is 0 Å². The van der Waals surface area contributed by atoms with Crippen LogP contribution >= 0.6 is 0 Å². The lowest BCUT2D eigenvalue weighted by Crippen LogP contribution is -2.42. The van der Waals surface area contributed by atoms with E-state index in [2.05, 4.69) is 44.8 Å². The van der Waals surface area contributed by atoms with Crippen LogP contribution in [0.4, 0.5) is 0 Å². The quantitative estimate of drug-likeness (QED) is 0.473. The van der Waals surface area contributed by atoms with Gasteiger partial charge in [0, 0.05) is 25.4 Å². The smallest absolute Gasteiger partial charge is 0.191 e. The average Bonchev–Trinajstić information content (AvgIpc) is 2.94. The van der Waals surface area contributed by atoms with Crippen LogP contribution in [0.25, 0.3) is 0 Å². The lowest BCUT2D eigenvalue weighted by atomic mass is 10.1. The molecule has 1 aromatic carbocycles. The number of hydrogen-bond acceptors (Lipinski definition) is 4. The summed E-state index contributed by atoms with van der Waals surface area (Å²) >= 11 is 0. The number of aliphatic imine (C=N–C) groups is 1. The van der Waals surface area contributed by atoms with Crippen molar-refractivity contribution in [3.63, 3.8) is 0 Å². The summed E-state index contributed by atoms with van der Waals surface area (Å²) in [5, 5.41) is 6.54. The van der Waals surface area contributed by atoms with Gasteiger partial charge in [-0.2, -0.15) is 0 Å². The van der Waals surface area contributed by atoms with Crippen LogP contribution in [0, 0.1) is 0 Å². The summed E-state index contributed by atoms with van der Waals surface area (Å²) in [6.07, 6.45) is 7.19. The molecule has 2 rings (SSSR count). The summed E-state index contributed by atoms with van der Waals surface area (Å²) in [6, 6.07) is 8.79. The van der Waals surface area contributed by atoms with E-state index in [-0.39, 0.29) is 11.8 Å². The SMILES string of the molecule is CCNC(=NCc1ccc(CN2CCCCCC2)cc1)NC(C)CCS(C)(=O)=O. The van der Waals surface area contributed by atoms with E-state index in [0.29, 0.717) is 13.0 Å². The van der Waals surface area contributed by atoms with Gasteiger partial charge < -0.3 is 10.6 Å². The fraction of sp³-hybridized carbons (Fsp3) is 0.682. The highest BCUT2D eigenvalue weighted by Gasteiger charge is 2.10. The first-order chi connectivity index (χ1) is 13.9. The Morgan fingerprint density at radius 3 is 2.31 bits per heavy atom. The molecule has 0 aromatic heterocycles. The number of nitrogens with zero attached hydrogens (tertiary/aromatic N) is 2. The lowest BCUT2D eigenvalue weighted by molar-refractivity contribution is 0.277. The van der Waals surface area contributed by atoms with Gasteiger partial charge in [-0.25, -0.2) is 13.4 Å². The van der Waals surface area contributed by atoms with Crippen LogP contribution in [0.3, 0.4) is 0 Å². The summed E-state index contributed by atoms with van der Waals surface area (Å²) in [5.74, 6) is 0.904. The number of hydrogen-bond donors (Lipinski definition) is 2. The molecule has 1 aliphatic rings. The second-order valence-corrected chi connectivity index (χ2v) is 10.4. The highest BCUT2D eigenvalue weighted by atomic mass is 32.2. The highest BCUT2D eigenvalue weighted by Crippen LogP contribution is 2.14. The molecule has 6 nitrogen and oxygen atoms in total. The van der Waals surface area contributed by atoms with Crippen molar-refractivity contribution in [2.45, 2.75) is 65.1 Å². The maximum absolute atomic E-state index is 11.4. The Labute approximate surface area is 177 Å². The largest absolute Gasteiger partial charge is 0.357 e. The third-order valence-corrected chi connectivity index (χ3v) is 6.17. The zero-order chi connectivity index (χ0) is 21.1. The van der Waals surface area contributed by atoms with E-state index < -0.39 is 9.84 Å². The van der Waals surface area contributed by atoms with Gasteiger partial charge in [0.15, 0.2) is 5.96 Å². The maximum atomic E-state index is 11.4. The Bertz CT molecular complexity index is 724. The Hall–Kier alpha value is -1.60. The molecule has 1 fully saturated rings. The van der Waals surface area contributed by atoms with E-state index >= 15 is 0 Å². The van der Waals surface area contributed by atoms with Gasteiger partial charge in [-0.1, -0.05) is 37.1 Å². The van der Waals surface area contributed by atoms with Gasteiger partial charge in [0.25, 0.3) is 0 Å². The standard InChI is InChI=1S/C22H38N4O2S/c1-4-23-22(25-19(2)13-16-29(3,27)28)24-17-20-9-11-21(12-10-20)18-26-14-7-5-6-8-15-26/h9-12,19H,4-8,13-18H2,1-3H3,(H2,23,24,25). The molecule has 0 spiro atoms. The summed E-state index contributed by atoms with van der Waals surface area (Å²) < 4.78 is 22.7. The van der Waals surface area contributed by atoms with Gasteiger partial charge in [-0.05, 0) is 57.3 Å². The van der Waals surface area contributed by atoms with Crippen molar-refractivity contribution in [2.75, 3.05) is 31.6 Å². The molecular weight excluding hydrogens is 384 g/mol. The van der Waals surface area contributed by atoms with Gasteiger partial charge in [0.1, 0.15) is 9.84 Å². The summed E-state index contributed by atoms with van der Waals surface area (Å²) in [5.41, 5.74) is 2.53. The van der Waals surface area contributed by atoms with E-state index in [0.717, 1.165) is 19.0 Å². The third-order valence-electron chi connectivity index (χ3n) is 5.20. The molecule has 2 N–H and O–H groups in total. The molecule has 0 radical (unpaired) electrons. The van der Waals surface area contributed by atoms with E-state index in [1.807, 2.05) is 13.8 Å². The Kier molecular flexibility index (Phi) is 9.94. The van der Waals surface area contributed by atoms with Crippen LogP contribution in [0.2, 0.25) is 0 Å². The first-order valence-electron chi connectivity index (χ1n) is 10.9. The van der Waals surface area contributed by atoms with Crippen molar-refractivity contribution in [2.24, 2.45) is 4.99 Å². The number of rotatable bonds is 9. The molecule has 0 aliphatic carbocycles. The molecule has 1 saturated heterocycles. The molecule has 1 heterocycles. The van der Waals surface area contributed by atoms with Crippen LogP contribution in [-0.2, 0) is 22.9 Å². The topological polar surface area (TPSA) is 73.8 Å². The van der Waals surface area contributed by atoms with Gasteiger partial charge in [0.05, 0.1) is 12.3 Å². The van der Waals surface area contributed by atoms with Gasteiger partial charge in [-0.3, -0.25) is 4.90 Å². The fourth-order valence-corrected chi connectivity index (χ4v) is 4.27. The van der Waals surface area contributed by atoms with Gasteiger partial charge in [0.2, 0.25) is 0 Å². The number of sulfone groups is 1. The fourth-order valence-electron chi connectivity index (χ4n) is 3.49. The predicted molar refractivity (Wildman–Crippen MR) is 122 cm³/mol. The summed E-state index contributed by atoms with van der Waals surface area (Å²) in [4.78, 5) is 7.22. The molecule has 1 aliphatic heterocycles. The molecule has 1 aromatic rings. The van der Waals surface area contributed by atoms with Crippen LogP contribution in [-0.4, -0.2) is 57.0 Å². The van der Waals surface area contributed by atoms with Crippen molar-refractivity contribution < 1.29 is 8.42 Å². The Morgan fingerprint density at radius 1 is 1.10 bits per heavy atom. The van der Waals surface area contributed by atoms with E-state index in [4.69, 9.17) is 0 Å². The summed E-state index contributed by atoms with van der Waals surface area (Å²) in [6.45, 7) is 8.82. The summed E-state index contributed by atoms with van der Waals surface area (Å²) in [7, 11) is -2.94.